The van der Waals surface area contributed by atoms with Crippen molar-refractivity contribution >= 4 is 17.5 Å². The average Bonchev–Trinajstić information content (AvgIpc) is 3.28. The minimum Gasteiger partial charge on any atom is -0.340 e. The Balaban J connectivity index is 1.54. The van der Waals surface area contributed by atoms with Crippen molar-refractivity contribution in [3.05, 3.63) is 58.6 Å². The molecular weight excluding hydrogens is 364 g/mol. The first-order valence-electron chi connectivity index (χ1n) is 7.97. The molecule has 3 aromatic rings. The topological polar surface area (TPSA) is 66.8 Å². The van der Waals surface area contributed by atoms with Gasteiger partial charge in [-0.2, -0.15) is 13.9 Å². The zero-order chi connectivity index (χ0) is 18.3. The lowest BCUT2D eigenvalue weighted by molar-refractivity contribution is 0.0549. The molecule has 0 fully saturated rings. The fourth-order valence-electron chi connectivity index (χ4n) is 2.93. The molecule has 134 valence electrons. The number of benzene rings is 1. The summed E-state index contributed by atoms with van der Waals surface area (Å²) in [5, 5.41) is 4.28. The van der Waals surface area contributed by atoms with Crippen LogP contribution in [0.5, 0.6) is 0 Å². The van der Waals surface area contributed by atoms with E-state index in [1.54, 1.807) is 17.0 Å². The Bertz CT molecular complexity index is 950. The number of hydrogen-bond donors (Lipinski definition) is 1. The van der Waals surface area contributed by atoms with Gasteiger partial charge in [-0.05, 0) is 30.3 Å². The third-order valence-electron chi connectivity index (χ3n) is 4.26. The summed E-state index contributed by atoms with van der Waals surface area (Å²) in [7, 11) is 0. The van der Waals surface area contributed by atoms with Crippen molar-refractivity contribution in [2.24, 2.45) is 0 Å². The van der Waals surface area contributed by atoms with Crippen LogP contribution in [0.2, 0.25) is 5.02 Å². The lowest BCUT2D eigenvalue weighted by atomic mass is 10.1. The van der Waals surface area contributed by atoms with Crippen molar-refractivity contribution in [2.45, 2.75) is 19.5 Å². The maximum atomic E-state index is 12.6. The molecule has 4 rings (SSSR count). The molecule has 1 N–H and O–H groups in total. The molecule has 2 aromatic heterocycles. The molecule has 0 atom stereocenters. The Morgan fingerprint density at radius 3 is 2.69 bits per heavy atom. The van der Waals surface area contributed by atoms with E-state index in [0.717, 1.165) is 23.1 Å². The van der Waals surface area contributed by atoms with Crippen LogP contribution in [0, 0.1) is 0 Å². The Labute approximate surface area is 152 Å². The van der Waals surface area contributed by atoms with Crippen LogP contribution in [0.4, 0.5) is 8.78 Å². The van der Waals surface area contributed by atoms with Gasteiger partial charge < -0.3 is 9.88 Å². The first-order valence-corrected chi connectivity index (χ1v) is 8.35. The van der Waals surface area contributed by atoms with Crippen molar-refractivity contribution < 1.29 is 13.6 Å². The second-order valence-corrected chi connectivity index (χ2v) is 6.39. The zero-order valence-electron chi connectivity index (χ0n) is 13.5. The first kappa shape index (κ1) is 16.7. The van der Waals surface area contributed by atoms with E-state index in [2.05, 4.69) is 15.1 Å². The molecule has 0 unspecified atom stereocenters. The molecule has 1 aliphatic rings. The van der Waals surface area contributed by atoms with Gasteiger partial charge in [-0.15, -0.1) is 0 Å². The molecule has 0 radical (unpaired) electrons. The van der Waals surface area contributed by atoms with Gasteiger partial charge in [-0.1, -0.05) is 11.6 Å². The molecule has 0 bridgehead atoms. The average molecular weight is 378 g/mol. The van der Waals surface area contributed by atoms with Crippen LogP contribution < -0.4 is 0 Å². The smallest absolute Gasteiger partial charge is 0.333 e. The maximum Gasteiger partial charge on any atom is 0.333 e. The highest BCUT2D eigenvalue weighted by molar-refractivity contribution is 6.30. The van der Waals surface area contributed by atoms with Crippen molar-refractivity contribution in [2.75, 3.05) is 6.54 Å². The van der Waals surface area contributed by atoms with Crippen LogP contribution in [-0.2, 0) is 13.0 Å². The van der Waals surface area contributed by atoms with Gasteiger partial charge in [0.25, 0.3) is 5.91 Å². The number of nitrogens with zero attached hydrogens (tertiary/aromatic N) is 4. The van der Waals surface area contributed by atoms with Gasteiger partial charge in [-0.3, -0.25) is 4.79 Å². The Morgan fingerprint density at radius 1 is 1.23 bits per heavy atom. The minimum atomic E-state index is -2.76. The Morgan fingerprint density at radius 2 is 2.00 bits per heavy atom. The van der Waals surface area contributed by atoms with E-state index in [1.165, 1.54) is 6.07 Å². The van der Waals surface area contributed by atoms with E-state index < -0.39 is 6.55 Å². The number of aromatic amines is 1. The largest absolute Gasteiger partial charge is 0.340 e. The van der Waals surface area contributed by atoms with Crippen LogP contribution in [0.1, 0.15) is 28.4 Å². The third kappa shape index (κ3) is 3.08. The molecule has 1 aromatic carbocycles. The SMILES string of the molecule is O=C(c1ccn(C(F)F)n1)N1CCc2nc(-c3ccc(Cl)cc3)[nH]c2C1. The minimum absolute atomic E-state index is 0.00573. The van der Waals surface area contributed by atoms with Crippen molar-refractivity contribution in [3.8, 4) is 11.4 Å². The monoisotopic (exact) mass is 377 g/mol. The van der Waals surface area contributed by atoms with Crippen molar-refractivity contribution in [3.63, 3.8) is 0 Å². The van der Waals surface area contributed by atoms with E-state index in [-0.39, 0.29) is 11.6 Å². The van der Waals surface area contributed by atoms with Crippen LogP contribution >= 0.6 is 11.6 Å². The number of H-pyrrole nitrogens is 1. The molecule has 26 heavy (non-hydrogen) atoms. The number of alkyl halides is 2. The summed E-state index contributed by atoms with van der Waals surface area (Å²) in [6, 6.07) is 8.61. The van der Waals surface area contributed by atoms with E-state index in [1.807, 2.05) is 12.1 Å². The second-order valence-electron chi connectivity index (χ2n) is 5.95. The van der Waals surface area contributed by atoms with Gasteiger partial charge in [0.15, 0.2) is 5.69 Å². The fourth-order valence-corrected chi connectivity index (χ4v) is 3.06. The van der Waals surface area contributed by atoms with Gasteiger partial charge in [-0.25, -0.2) is 9.67 Å². The molecular formula is C17H14ClF2N5O. The molecule has 0 aliphatic carbocycles. The molecule has 0 spiro atoms. The second kappa shape index (κ2) is 6.53. The highest BCUT2D eigenvalue weighted by atomic mass is 35.5. The van der Waals surface area contributed by atoms with E-state index in [4.69, 9.17) is 11.6 Å². The number of imidazole rings is 1. The number of carbonyl (C=O) groups excluding carboxylic acids is 1. The lowest BCUT2D eigenvalue weighted by Crippen LogP contribution is -2.36. The number of halogens is 3. The van der Waals surface area contributed by atoms with Crippen LogP contribution in [-0.4, -0.2) is 37.1 Å². The summed E-state index contributed by atoms with van der Waals surface area (Å²) in [5.41, 5.74) is 2.64. The van der Waals surface area contributed by atoms with E-state index >= 15 is 0 Å². The number of fused-ring (bicyclic) bond motifs is 1. The van der Waals surface area contributed by atoms with Gasteiger partial charge in [0, 0.05) is 29.7 Å². The summed E-state index contributed by atoms with van der Waals surface area (Å²) in [6.45, 7) is -1.98. The zero-order valence-corrected chi connectivity index (χ0v) is 14.2. The molecule has 9 heteroatoms. The summed E-state index contributed by atoms with van der Waals surface area (Å²) < 4.78 is 25.7. The normalized spacial score (nSPS) is 13.9. The highest BCUT2D eigenvalue weighted by Crippen LogP contribution is 2.24. The Kier molecular flexibility index (Phi) is 4.20. The summed E-state index contributed by atoms with van der Waals surface area (Å²) >= 11 is 5.90. The van der Waals surface area contributed by atoms with Crippen LogP contribution in [0.3, 0.4) is 0 Å². The maximum absolute atomic E-state index is 12.6. The van der Waals surface area contributed by atoms with Crippen molar-refractivity contribution in [1.82, 2.24) is 24.6 Å². The number of nitrogens with one attached hydrogen (secondary N) is 1. The summed E-state index contributed by atoms with van der Waals surface area (Å²) in [4.78, 5) is 21.9. The summed E-state index contributed by atoms with van der Waals surface area (Å²) in [5.74, 6) is 0.334. The number of rotatable bonds is 3. The van der Waals surface area contributed by atoms with Crippen molar-refractivity contribution in [1.29, 1.82) is 0 Å². The molecule has 0 saturated heterocycles. The third-order valence-corrected chi connectivity index (χ3v) is 4.52. The van der Waals surface area contributed by atoms with Gasteiger partial charge >= 0.3 is 6.55 Å². The number of hydrogen-bond acceptors (Lipinski definition) is 3. The lowest BCUT2D eigenvalue weighted by Gasteiger charge is -2.25. The number of aromatic nitrogens is 4. The fraction of sp³-hybridized carbons (Fsp3) is 0.235. The van der Waals surface area contributed by atoms with Crippen LogP contribution in [0.15, 0.2) is 36.5 Å². The molecule has 6 nitrogen and oxygen atoms in total. The first-order chi connectivity index (χ1) is 12.5. The quantitative estimate of drug-likeness (QED) is 0.759. The predicted octanol–water partition coefficient (Wildman–Crippen LogP) is 3.52. The van der Waals surface area contributed by atoms with Gasteiger partial charge in [0.2, 0.25) is 0 Å². The highest BCUT2D eigenvalue weighted by Gasteiger charge is 2.26. The molecule has 1 amide bonds. The number of amides is 1. The van der Waals surface area contributed by atoms with E-state index in [9.17, 15) is 13.6 Å². The molecule has 1 aliphatic heterocycles. The molecule has 3 heterocycles. The molecule has 0 saturated carbocycles. The van der Waals surface area contributed by atoms with Crippen LogP contribution in [0.25, 0.3) is 11.4 Å². The summed E-state index contributed by atoms with van der Waals surface area (Å²) in [6.07, 6.45) is 1.68. The Hall–Kier alpha value is -2.74. The number of carbonyl (C=O) groups is 1. The van der Waals surface area contributed by atoms with Gasteiger partial charge in [0.1, 0.15) is 5.82 Å². The van der Waals surface area contributed by atoms with Gasteiger partial charge in [0.05, 0.1) is 17.9 Å². The standard InChI is InChI=1S/C17H14ClF2N5O/c18-11-3-1-10(2-4-11)15-21-12-5-7-24(9-14(12)22-15)16(26)13-6-8-25(23-13)17(19)20/h1-4,6,8,17H,5,7,9H2,(H,21,22). The predicted molar refractivity (Wildman–Crippen MR) is 91.0 cm³/mol. The van der Waals surface area contributed by atoms with E-state index in [0.29, 0.717) is 35.0 Å².